The molecule has 1 aromatic rings. The summed E-state index contributed by atoms with van der Waals surface area (Å²) in [4.78, 5) is 12.2. The van der Waals surface area contributed by atoms with E-state index in [1.807, 2.05) is 0 Å². The molecule has 2 rings (SSSR count). The van der Waals surface area contributed by atoms with E-state index >= 15 is 0 Å². The van der Waals surface area contributed by atoms with E-state index in [9.17, 15) is 13.2 Å². The molecule has 1 fully saturated rings. The Labute approximate surface area is 124 Å². The van der Waals surface area contributed by atoms with Crippen LogP contribution in [0.5, 0.6) is 11.5 Å². The lowest BCUT2D eigenvalue weighted by atomic mass is 10.1. The normalized spacial score (nSPS) is 20.0. The number of amides is 1. The maximum absolute atomic E-state index is 12.2. The van der Waals surface area contributed by atoms with E-state index in [1.165, 1.54) is 14.2 Å². The second-order valence-electron chi connectivity index (χ2n) is 5.02. The Bertz CT molecular complexity index is 626. The summed E-state index contributed by atoms with van der Waals surface area (Å²) >= 11 is 0. The van der Waals surface area contributed by atoms with Crippen molar-refractivity contribution in [1.82, 2.24) is 5.32 Å². The Kier molecular flexibility index (Phi) is 4.72. The third-order valence-corrected chi connectivity index (χ3v) is 5.36. The minimum atomic E-state index is -2.93. The summed E-state index contributed by atoms with van der Waals surface area (Å²) in [7, 11) is 0.0458. The van der Waals surface area contributed by atoms with Crippen molar-refractivity contribution in [1.29, 1.82) is 0 Å². The molecule has 0 aliphatic carbocycles. The molecular formula is C14H19NO5S. The van der Waals surface area contributed by atoms with Crippen LogP contribution in [0.3, 0.4) is 0 Å². The highest BCUT2D eigenvalue weighted by atomic mass is 32.2. The SMILES string of the molecule is COc1cccc(C(=O)NC[C@H]2CCS(=O)(=O)C2)c1OC. The molecule has 1 aromatic carbocycles. The van der Waals surface area contributed by atoms with Crippen molar-refractivity contribution in [2.24, 2.45) is 5.92 Å². The number of para-hydroxylation sites is 1. The zero-order valence-corrected chi connectivity index (χ0v) is 12.9. The molecule has 1 aliphatic heterocycles. The molecule has 1 saturated heterocycles. The van der Waals surface area contributed by atoms with E-state index in [4.69, 9.17) is 9.47 Å². The standard InChI is InChI=1S/C14H19NO5S/c1-19-12-5-3-4-11(13(12)20-2)14(16)15-8-10-6-7-21(17,18)9-10/h3-5,10H,6-9H2,1-2H3,(H,15,16)/t10-/m1/s1. The van der Waals surface area contributed by atoms with Gasteiger partial charge in [0.15, 0.2) is 21.3 Å². The number of carbonyl (C=O) groups is 1. The summed E-state index contributed by atoms with van der Waals surface area (Å²) in [6.07, 6.45) is 0.595. The number of hydrogen-bond acceptors (Lipinski definition) is 5. The third kappa shape index (κ3) is 3.66. The topological polar surface area (TPSA) is 81.7 Å². The molecule has 0 saturated carbocycles. The van der Waals surface area contributed by atoms with Crippen molar-refractivity contribution in [3.05, 3.63) is 23.8 Å². The minimum Gasteiger partial charge on any atom is -0.493 e. The van der Waals surface area contributed by atoms with E-state index < -0.39 is 9.84 Å². The predicted octanol–water partition coefficient (Wildman–Crippen LogP) is 0.868. The van der Waals surface area contributed by atoms with Crippen molar-refractivity contribution in [3.8, 4) is 11.5 Å². The molecule has 0 spiro atoms. The highest BCUT2D eigenvalue weighted by molar-refractivity contribution is 7.91. The van der Waals surface area contributed by atoms with Gasteiger partial charge in [0.1, 0.15) is 0 Å². The van der Waals surface area contributed by atoms with Crippen LogP contribution in [0, 0.1) is 5.92 Å². The monoisotopic (exact) mass is 313 g/mol. The number of carbonyl (C=O) groups excluding carboxylic acids is 1. The molecule has 1 atom stereocenters. The van der Waals surface area contributed by atoms with Crippen molar-refractivity contribution in [3.63, 3.8) is 0 Å². The Hall–Kier alpha value is -1.76. The van der Waals surface area contributed by atoms with Crippen LogP contribution in [-0.4, -0.2) is 46.6 Å². The van der Waals surface area contributed by atoms with Gasteiger partial charge in [-0.3, -0.25) is 4.79 Å². The lowest BCUT2D eigenvalue weighted by Gasteiger charge is -2.14. The molecule has 0 bridgehead atoms. The number of ether oxygens (including phenoxy) is 2. The summed E-state index contributed by atoms with van der Waals surface area (Å²) in [5.74, 6) is 0.883. The van der Waals surface area contributed by atoms with Crippen LogP contribution in [0.25, 0.3) is 0 Å². The lowest BCUT2D eigenvalue weighted by Crippen LogP contribution is -2.30. The Balaban J connectivity index is 2.04. The number of rotatable bonds is 5. The van der Waals surface area contributed by atoms with Gasteiger partial charge < -0.3 is 14.8 Å². The molecule has 1 N–H and O–H groups in total. The first kappa shape index (κ1) is 15.6. The second-order valence-corrected chi connectivity index (χ2v) is 7.25. The Morgan fingerprint density at radius 3 is 2.67 bits per heavy atom. The van der Waals surface area contributed by atoms with Gasteiger partial charge in [0.25, 0.3) is 5.91 Å². The molecule has 0 radical (unpaired) electrons. The number of methoxy groups -OCH3 is 2. The molecule has 1 aliphatic rings. The van der Waals surface area contributed by atoms with Gasteiger partial charge in [-0.15, -0.1) is 0 Å². The Morgan fingerprint density at radius 2 is 2.10 bits per heavy atom. The van der Waals surface area contributed by atoms with Gasteiger partial charge in [0.05, 0.1) is 31.3 Å². The first-order chi connectivity index (χ1) is 9.96. The minimum absolute atomic E-state index is 0.0180. The Morgan fingerprint density at radius 1 is 1.33 bits per heavy atom. The molecule has 0 unspecified atom stereocenters. The second kappa shape index (κ2) is 6.34. The number of nitrogens with one attached hydrogen (secondary N) is 1. The van der Waals surface area contributed by atoms with Crippen LogP contribution >= 0.6 is 0 Å². The smallest absolute Gasteiger partial charge is 0.255 e. The van der Waals surface area contributed by atoms with Crippen LogP contribution in [0.15, 0.2) is 18.2 Å². The van der Waals surface area contributed by atoms with Gasteiger partial charge in [-0.05, 0) is 24.5 Å². The summed E-state index contributed by atoms with van der Waals surface area (Å²) in [6.45, 7) is 0.346. The zero-order valence-electron chi connectivity index (χ0n) is 12.1. The fourth-order valence-corrected chi connectivity index (χ4v) is 4.29. The van der Waals surface area contributed by atoms with Crippen molar-refractivity contribution in [2.45, 2.75) is 6.42 Å². The van der Waals surface area contributed by atoms with Gasteiger partial charge >= 0.3 is 0 Å². The van der Waals surface area contributed by atoms with Crippen LogP contribution in [0.4, 0.5) is 0 Å². The average molecular weight is 313 g/mol. The molecule has 116 valence electrons. The molecule has 1 heterocycles. The molecule has 21 heavy (non-hydrogen) atoms. The molecular weight excluding hydrogens is 294 g/mol. The van der Waals surface area contributed by atoms with Crippen LogP contribution in [0.1, 0.15) is 16.8 Å². The van der Waals surface area contributed by atoms with E-state index in [1.54, 1.807) is 18.2 Å². The van der Waals surface area contributed by atoms with E-state index in [-0.39, 0.29) is 23.3 Å². The van der Waals surface area contributed by atoms with Gasteiger partial charge in [0.2, 0.25) is 0 Å². The molecule has 0 aromatic heterocycles. The molecule has 7 heteroatoms. The highest BCUT2D eigenvalue weighted by Gasteiger charge is 2.28. The summed E-state index contributed by atoms with van der Waals surface area (Å²) < 4.78 is 33.1. The van der Waals surface area contributed by atoms with Gasteiger partial charge in [-0.1, -0.05) is 6.07 Å². The number of hydrogen-bond donors (Lipinski definition) is 1. The van der Waals surface area contributed by atoms with Gasteiger partial charge in [-0.2, -0.15) is 0 Å². The van der Waals surface area contributed by atoms with Crippen molar-refractivity contribution >= 4 is 15.7 Å². The predicted molar refractivity (Wildman–Crippen MR) is 78.6 cm³/mol. The summed E-state index contributed by atoms with van der Waals surface area (Å²) in [6, 6.07) is 5.05. The van der Waals surface area contributed by atoms with Crippen molar-refractivity contribution < 1.29 is 22.7 Å². The zero-order chi connectivity index (χ0) is 15.5. The lowest BCUT2D eigenvalue weighted by molar-refractivity contribution is 0.0944. The summed E-state index contributed by atoms with van der Waals surface area (Å²) in [5.41, 5.74) is 0.373. The number of benzene rings is 1. The molecule has 6 nitrogen and oxygen atoms in total. The molecule has 1 amide bonds. The van der Waals surface area contributed by atoms with E-state index in [0.717, 1.165) is 0 Å². The number of sulfone groups is 1. The maximum Gasteiger partial charge on any atom is 0.255 e. The maximum atomic E-state index is 12.2. The fraction of sp³-hybridized carbons (Fsp3) is 0.500. The van der Waals surface area contributed by atoms with Gasteiger partial charge in [-0.25, -0.2) is 8.42 Å². The fourth-order valence-electron chi connectivity index (χ4n) is 2.43. The quantitative estimate of drug-likeness (QED) is 0.872. The third-order valence-electron chi connectivity index (χ3n) is 3.53. The first-order valence-electron chi connectivity index (χ1n) is 6.66. The van der Waals surface area contributed by atoms with E-state index in [0.29, 0.717) is 30.0 Å². The van der Waals surface area contributed by atoms with Crippen molar-refractivity contribution in [2.75, 3.05) is 32.3 Å². The first-order valence-corrected chi connectivity index (χ1v) is 8.48. The van der Waals surface area contributed by atoms with E-state index in [2.05, 4.69) is 5.32 Å². The van der Waals surface area contributed by atoms with Crippen LogP contribution < -0.4 is 14.8 Å². The average Bonchev–Trinajstić information content (AvgIpc) is 2.83. The van der Waals surface area contributed by atoms with Crippen LogP contribution in [0.2, 0.25) is 0 Å². The largest absolute Gasteiger partial charge is 0.493 e. The van der Waals surface area contributed by atoms with Gasteiger partial charge in [0, 0.05) is 6.54 Å². The summed E-state index contributed by atoms with van der Waals surface area (Å²) in [5, 5.41) is 2.77. The van der Waals surface area contributed by atoms with Crippen LogP contribution in [-0.2, 0) is 9.84 Å². The highest BCUT2D eigenvalue weighted by Crippen LogP contribution is 2.30.